The first-order valence-electron chi connectivity index (χ1n) is 5.60. The molecular formula is C13H17NS2. The monoisotopic (exact) mass is 251 g/mol. The van der Waals surface area contributed by atoms with E-state index in [9.17, 15) is 0 Å². The largest absolute Gasteiger partial charge is 0.314 e. The third-order valence-corrected chi connectivity index (χ3v) is 4.07. The molecule has 2 rings (SSSR count). The second-order valence-corrected chi connectivity index (χ2v) is 5.63. The van der Waals surface area contributed by atoms with Crippen LogP contribution in [0.2, 0.25) is 0 Å². The lowest BCUT2D eigenvalue weighted by Crippen LogP contribution is -2.29. The van der Waals surface area contributed by atoms with Gasteiger partial charge in [0.2, 0.25) is 0 Å². The van der Waals surface area contributed by atoms with E-state index in [0.717, 1.165) is 19.4 Å². The Kier molecular flexibility index (Phi) is 4.57. The van der Waals surface area contributed by atoms with Crippen molar-refractivity contribution in [1.82, 2.24) is 5.32 Å². The molecule has 1 N–H and O–H groups in total. The first-order chi connectivity index (χ1) is 7.84. The third-order valence-electron chi connectivity index (χ3n) is 2.61. The van der Waals surface area contributed by atoms with Crippen LogP contribution in [0.5, 0.6) is 0 Å². The Balaban J connectivity index is 1.66. The standard InChI is InChI=1S/C13H17NS2/c1-11(8-13-4-7-16-10-13)14-5-2-12-3-6-15-9-12/h3-4,6-7,9-11,14H,2,5,8H2,1H3. The van der Waals surface area contributed by atoms with Gasteiger partial charge in [-0.1, -0.05) is 0 Å². The first kappa shape index (κ1) is 11.8. The van der Waals surface area contributed by atoms with Crippen LogP contribution in [0.1, 0.15) is 18.1 Å². The van der Waals surface area contributed by atoms with Crippen molar-refractivity contribution in [2.24, 2.45) is 0 Å². The second-order valence-electron chi connectivity index (χ2n) is 4.07. The number of hydrogen-bond acceptors (Lipinski definition) is 3. The molecule has 0 aliphatic rings. The van der Waals surface area contributed by atoms with E-state index in [1.807, 2.05) is 0 Å². The van der Waals surface area contributed by atoms with Gasteiger partial charge >= 0.3 is 0 Å². The summed E-state index contributed by atoms with van der Waals surface area (Å²) in [4.78, 5) is 0. The molecule has 0 aromatic carbocycles. The van der Waals surface area contributed by atoms with E-state index in [-0.39, 0.29) is 0 Å². The Labute approximate surface area is 105 Å². The number of thiophene rings is 2. The summed E-state index contributed by atoms with van der Waals surface area (Å²) in [6, 6.07) is 4.98. The molecule has 1 nitrogen and oxygen atoms in total. The van der Waals surface area contributed by atoms with E-state index >= 15 is 0 Å². The van der Waals surface area contributed by atoms with Crippen LogP contribution in [0.15, 0.2) is 33.7 Å². The second kappa shape index (κ2) is 6.18. The van der Waals surface area contributed by atoms with Crippen LogP contribution in [0.4, 0.5) is 0 Å². The SMILES string of the molecule is CC(Cc1ccsc1)NCCc1ccsc1. The molecule has 0 saturated heterocycles. The molecular weight excluding hydrogens is 234 g/mol. The molecule has 1 atom stereocenters. The lowest BCUT2D eigenvalue weighted by Gasteiger charge is -2.12. The van der Waals surface area contributed by atoms with Crippen LogP contribution < -0.4 is 5.32 Å². The Bertz CT molecular complexity index is 378. The molecule has 86 valence electrons. The van der Waals surface area contributed by atoms with Gasteiger partial charge in [0, 0.05) is 6.04 Å². The maximum Gasteiger partial charge on any atom is 0.00795 e. The highest BCUT2D eigenvalue weighted by Gasteiger charge is 2.03. The molecule has 1 unspecified atom stereocenters. The minimum absolute atomic E-state index is 0.563. The lowest BCUT2D eigenvalue weighted by atomic mass is 10.1. The zero-order valence-corrected chi connectivity index (χ0v) is 11.1. The molecule has 0 radical (unpaired) electrons. The van der Waals surface area contributed by atoms with Crippen LogP contribution in [0, 0.1) is 0 Å². The number of rotatable bonds is 6. The number of nitrogens with one attached hydrogen (secondary N) is 1. The van der Waals surface area contributed by atoms with Crippen LogP contribution >= 0.6 is 22.7 Å². The van der Waals surface area contributed by atoms with Gasteiger partial charge in [-0.2, -0.15) is 22.7 Å². The van der Waals surface area contributed by atoms with Gasteiger partial charge in [0.05, 0.1) is 0 Å². The Morgan fingerprint density at radius 1 is 1.12 bits per heavy atom. The summed E-state index contributed by atoms with van der Waals surface area (Å²) < 4.78 is 0. The van der Waals surface area contributed by atoms with Crippen molar-refractivity contribution in [3.05, 3.63) is 44.8 Å². The van der Waals surface area contributed by atoms with Gasteiger partial charge in [-0.3, -0.25) is 0 Å². The van der Waals surface area contributed by atoms with Gasteiger partial charge < -0.3 is 5.32 Å². The van der Waals surface area contributed by atoms with Crippen LogP contribution in [-0.2, 0) is 12.8 Å². The van der Waals surface area contributed by atoms with Crippen molar-refractivity contribution in [2.45, 2.75) is 25.8 Å². The predicted molar refractivity (Wildman–Crippen MR) is 73.5 cm³/mol. The van der Waals surface area contributed by atoms with E-state index in [2.05, 4.69) is 45.9 Å². The van der Waals surface area contributed by atoms with Gasteiger partial charge in [-0.05, 0) is 71.1 Å². The average Bonchev–Trinajstić information content (AvgIpc) is 2.90. The Morgan fingerprint density at radius 3 is 2.44 bits per heavy atom. The van der Waals surface area contributed by atoms with E-state index in [1.165, 1.54) is 11.1 Å². The summed E-state index contributed by atoms with van der Waals surface area (Å²) in [5, 5.41) is 12.3. The minimum Gasteiger partial charge on any atom is -0.314 e. The molecule has 16 heavy (non-hydrogen) atoms. The smallest absolute Gasteiger partial charge is 0.00795 e. The molecule has 2 aromatic heterocycles. The van der Waals surface area contributed by atoms with Gasteiger partial charge in [0.15, 0.2) is 0 Å². The molecule has 0 aliphatic carbocycles. The zero-order valence-electron chi connectivity index (χ0n) is 9.48. The van der Waals surface area contributed by atoms with E-state index in [1.54, 1.807) is 22.7 Å². The van der Waals surface area contributed by atoms with Gasteiger partial charge in [0.25, 0.3) is 0 Å². The van der Waals surface area contributed by atoms with Crippen LogP contribution in [-0.4, -0.2) is 12.6 Å². The molecule has 0 saturated carbocycles. The molecule has 0 aliphatic heterocycles. The highest BCUT2D eigenvalue weighted by atomic mass is 32.1. The summed E-state index contributed by atoms with van der Waals surface area (Å²) in [6.45, 7) is 3.33. The molecule has 0 spiro atoms. The summed E-state index contributed by atoms with van der Waals surface area (Å²) in [5.74, 6) is 0. The molecule has 0 amide bonds. The fourth-order valence-electron chi connectivity index (χ4n) is 1.73. The first-order valence-corrected chi connectivity index (χ1v) is 7.48. The minimum atomic E-state index is 0.563. The lowest BCUT2D eigenvalue weighted by molar-refractivity contribution is 0.549. The number of hydrogen-bond donors (Lipinski definition) is 1. The molecule has 3 heteroatoms. The highest BCUT2D eigenvalue weighted by Crippen LogP contribution is 2.09. The van der Waals surface area contributed by atoms with Gasteiger partial charge in [-0.25, -0.2) is 0 Å². The quantitative estimate of drug-likeness (QED) is 0.827. The van der Waals surface area contributed by atoms with Crippen molar-refractivity contribution in [2.75, 3.05) is 6.54 Å². The Hall–Kier alpha value is -0.640. The zero-order chi connectivity index (χ0) is 11.2. The fourth-order valence-corrected chi connectivity index (χ4v) is 3.12. The van der Waals surface area contributed by atoms with E-state index in [4.69, 9.17) is 0 Å². The summed E-state index contributed by atoms with van der Waals surface area (Å²) in [6.07, 6.45) is 2.27. The van der Waals surface area contributed by atoms with E-state index in [0.29, 0.717) is 6.04 Å². The van der Waals surface area contributed by atoms with E-state index < -0.39 is 0 Å². The maximum absolute atomic E-state index is 3.57. The normalized spacial score (nSPS) is 12.8. The fraction of sp³-hybridized carbons (Fsp3) is 0.385. The van der Waals surface area contributed by atoms with Crippen molar-refractivity contribution in [3.8, 4) is 0 Å². The molecule has 2 heterocycles. The molecule has 2 aromatic rings. The maximum atomic E-state index is 3.57. The topological polar surface area (TPSA) is 12.0 Å². The molecule has 0 fully saturated rings. The van der Waals surface area contributed by atoms with Crippen molar-refractivity contribution >= 4 is 22.7 Å². The van der Waals surface area contributed by atoms with Gasteiger partial charge in [0.1, 0.15) is 0 Å². The van der Waals surface area contributed by atoms with Crippen molar-refractivity contribution in [1.29, 1.82) is 0 Å². The third kappa shape index (κ3) is 3.74. The van der Waals surface area contributed by atoms with Crippen molar-refractivity contribution < 1.29 is 0 Å². The Morgan fingerprint density at radius 2 is 1.81 bits per heavy atom. The average molecular weight is 251 g/mol. The predicted octanol–water partition coefficient (Wildman–Crippen LogP) is 3.57. The highest BCUT2D eigenvalue weighted by molar-refractivity contribution is 7.08. The molecule has 0 bridgehead atoms. The summed E-state index contributed by atoms with van der Waals surface area (Å²) in [7, 11) is 0. The van der Waals surface area contributed by atoms with Crippen LogP contribution in [0.25, 0.3) is 0 Å². The summed E-state index contributed by atoms with van der Waals surface area (Å²) >= 11 is 3.55. The summed E-state index contributed by atoms with van der Waals surface area (Å²) in [5.41, 5.74) is 2.89. The van der Waals surface area contributed by atoms with Gasteiger partial charge in [-0.15, -0.1) is 0 Å². The van der Waals surface area contributed by atoms with Crippen molar-refractivity contribution in [3.63, 3.8) is 0 Å². The van der Waals surface area contributed by atoms with Crippen LogP contribution in [0.3, 0.4) is 0 Å².